The topological polar surface area (TPSA) is 17.1 Å². The van der Waals surface area contributed by atoms with Gasteiger partial charge in [0.15, 0.2) is 0 Å². The summed E-state index contributed by atoms with van der Waals surface area (Å²) < 4.78 is 0. The van der Waals surface area contributed by atoms with E-state index in [4.69, 9.17) is 6.42 Å². The van der Waals surface area contributed by atoms with Crippen LogP contribution in [-0.4, -0.2) is 11.1 Å². The van der Waals surface area contributed by atoms with Crippen molar-refractivity contribution in [3.05, 3.63) is 0 Å². The van der Waals surface area contributed by atoms with Gasteiger partial charge >= 0.3 is 0 Å². The summed E-state index contributed by atoms with van der Waals surface area (Å²) in [5, 5.41) is 0.490. The molecule has 0 saturated heterocycles. The summed E-state index contributed by atoms with van der Waals surface area (Å²) in [6.07, 6.45) is 9.32. The Labute approximate surface area is 82.0 Å². The van der Waals surface area contributed by atoms with Gasteiger partial charge in [0.25, 0.3) is 0 Å². The van der Waals surface area contributed by atoms with Crippen LogP contribution in [0.5, 0.6) is 0 Å². The molecule has 0 heterocycles. The Kier molecular flexibility index (Phi) is 3.81. The third-order valence-corrected chi connectivity index (χ3v) is 3.07. The van der Waals surface area contributed by atoms with Crippen molar-refractivity contribution in [2.45, 2.75) is 25.7 Å². The largest absolute Gasteiger partial charge is 0.299 e. The van der Waals surface area contributed by atoms with Crippen molar-refractivity contribution < 1.29 is 4.79 Å². The first-order valence-electron chi connectivity index (χ1n) is 4.30. The summed E-state index contributed by atoms with van der Waals surface area (Å²) in [4.78, 5) is 11.1. The first kappa shape index (κ1) is 9.80. The van der Waals surface area contributed by atoms with E-state index in [2.05, 4.69) is 21.9 Å². The third kappa shape index (κ3) is 2.64. The number of carbonyl (C=O) groups excluding carboxylic acids is 1. The normalized spacial score (nSPS) is 28.3. The molecule has 2 atom stereocenters. The number of Topliss-reactive ketones (excluding diaryl/α,β-unsaturated/α-hetero) is 1. The van der Waals surface area contributed by atoms with Gasteiger partial charge in [0.1, 0.15) is 5.78 Å². The van der Waals surface area contributed by atoms with E-state index in [-0.39, 0.29) is 0 Å². The zero-order chi connectivity index (χ0) is 8.97. The van der Waals surface area contributed by atoms with Crippen LogP contribution in [-0.2, 0) is 4.79 Å². The van der Waals surface area contributed by atoms with Gasteiger partial charge < -0.3 is 0 Å². The molecule has 2 heteroatoms. The molecular weight excluding hydrogens is 216 g/mol. The zero-order valence-electron chi connectivity index (χ0n) is 7.05. The fourth-order valence-corrected chi connectivity index (χ4v) is 2.02. The van der Waals surface area contributed by atoms with Gasteiger partial charge in [0.05, 0.1) is 5.33 Å². The van der Waals surface area contributed by atoms with Gasteiger partial charge in [-0.1, -0.05) is 15.9 Å². The Hall–Kier alpha value is -0.290. The summed E-state index contributed by atoms with van der Waals surface area (Å²) in [6, 6.07) is 0. The highest BCUT2D eigenvalue weighted by Crippen LogP contribution is 2.32. The van der Waals surface area contributed by atoms with Gasteiger partial charge in [0, 0.05) is 12.3 Å². The second kappa shape index (κ2) is 4.67. The van der Waals surface area contributed by atoms with Crippen LogP contribution in [0.2, 0.25) is 0 Å². The molecule has 66 valence electrons. The molecule has 0 aromatic rings. The molecule has 1 aliphatic rings. The van der Waals surface area contributed by atoms with Crippen LogP contribution in [0.1, 0.15) is 25.7 Å². The van der Waals surface area contributed by atoms with Crippen LogP contribution in [0.4, 0.5) is 0 Å². The standard InChI is InChI=1S/C10H13BrO/c1-2-8-3-4-9(5-8)6-10(12)7-11/h1,8-9H,3-7H2/t8-,9-/m1/s1. The van der Waals surface area contributed by atoms with Gasteiger partial charge in [-0.15, -0.1) is 12.3 Å². The fraction of sp³-hybridized carbons (Fsp3) is 0.700. The van der Waals surface area contributed by atoms with Gasteiger partial charge in [0.2, 0.25) is 0 Å². The summed E-state index contributed by atoms with van der Waals surface area (Å²) in [7, 11) is 0. The highest BCUT2D eigenvalue weighted by molar-refractivity contribution is 9.09. The van der Waals surface area contributed by atoms with Crippen molar-refractivity contribution in [1.29, 1.82) is 0 Å². The number of carbonyl (C=O) groups is 1. The van der Waals surface area contributed by atoms with Crippen molar-refractivity contribution in [3.63, 3.8) is 0 Å². The lowest BCUT2D eigenvalue weighted by molar-refractivity contribution is -0.117. The van der Waals surface area contributed by atoms with Gasteiger partial charge in [-0.05, 0) is 25.2 Å². The van der Waals surface area contributed by atoms with Crippen molar-refractivity contribution in [2.24, 2.45) is 11.8 Å². The van der Waals surface area contributed by atoms with Crippen LogP contribution < -0.4 is 0 Å². The van der Waals surface area contributed by atoms with E-state index >= 15 is 0 Å². The van der Waals surface area contributed by atoms with Gasteiger partial charge in [-0.3, -0.25) is 4.79 Å². The van der Waals surface area contributed by atoms with Gasteiger partial charge in [-0.2, -0.15) is 0 Å². The summed E-state index contributed by atoms with van der Waals surface area (Å²) in [5.41, 5.74) is 0. The average Bonchev–Trinajstić information content (AvgIpc) is 2.52. The molecule has 1 saturated carbocycles. The molecule has 1 nitrogen and oxygen atoms in total. The molecule has 0 aliphatic heterocycles. The smallest absolute Gasteiger partial charge is 0.143 e. The van der Waals surface area contributed by atoms with E-state index in [9.17, 15) is 4.79 Å². The lowest BCUT2D eigenvalue weighted by Crippen LogP contribution is -2.06. The number of alkyl halides is 1. The number of hydrogen-bond acceptors (Lipinski definition) is 1. The number of terminal acetylenes is 1. The Bertz CT molecular complexity index is 204. The summed E-state index contributed by atoms with van der Waals surface area (Å²) in [5.74, 6) is 4.05. The molecule has 12 heavy (non-hydrogen) atoms. The predicted octanol–water partition coefficient (Wildman–Crippen LogP) is 2.39. The van der Waals surface area contributed by atoms with Crippen molar-refractivity contribution in [2.75, 3.05) is 5.33 Å². The number of ketones is 1. The highest BCUT2D eigenvalue weighted by Gasteiger charge is 2.24. The molecule has 1 aliphatic carbocycles. The van der Waals surface area contributed by atoms with Crippen LogP contribution in [0.15, 0.2) is 0 Å². The maximum atomic E-state index is 11.1. The lowest BCUT2D eigenvalue weighted by Gasteiger charge is -2.05. The summed E-state index contributed by atoms with van der Waals surface area (Å²) >= 11 is 3.16. The molecule has 1 rings (SSSR count). The first-order chi connectivity index (χ1) is 5.76. The van der Waals surface area contributed by atoms with Crippen LogP contribution in [0.25, 0.3) is 0 Å². The van der Waals surface area contributed by atoms with Crippen molar-refractivity contribution in [1.82, 2.24) is 0 Å². The van der Waals surface area contributed by atoms with Gasteiger partial charge in [-0.25, -0.2) is 0 Å². The molecule has 1 fully saturated rings. The van der Waals surface area contributed by atoms with E-state index in [1.165, 1.54) is 0 Å². The lowest BCUT2D eigenvalue weighted by atomic mass is 10.0. The Balaban J connectivity index is 2.29. The van der Waals surface area contributed by atoms with E-state index in [1.54, 1.807) is 0 Å². The molecule has 0 radical (unpaired) electrons. The SMILES string of the molecule is C#C[C@@H]1CC[C@@H](CC(=O)CBr)C1. The highest BCUT2D eigenvalue weighted by atomic mass is 79.9. The number of hydrogen-bond donors (Lipinski definition) is 0. The van der Waals surface area contributed by atoms with Crippen LogP contribution >= 0.6 is 15.9 Å². The molecule has 0 spiro atoms. The predicted molar refractivity (Wildman–Crippen MR) is 53.1 cm³/mol. The minimum atomic E-state index is 0.303. The monoisotopic (exact) mass is 228 g/mol. The molecule has 0 N–H and O–H groups in total. The minimum absolute atomic E-state index is 0.303. The zero-order valence-corrected chi connectivity index (χ0v) is 8.64. The fourth-order valence-electron chi connectivity index (χ4n) is 1.79. The molecule has 0 amide bonds. The van der Waals surface area contributed by atoms with E-state index < -0.39 is 0 Å². The Morgan fingerprint density at radius 2 is 2.33 bits per heavy atom. The number of rotatable bonds is 3. The summed E-state index contributed by atoms with van der Waals surface area (Å²) in [6.45, 7) is 0. The van der Waals surface area contributed by atoms with E-state index in [0.717, 1.165) is 19.3 Å². The average molecular weight is 229 g/mol. The maximum absolute atomic E-state index is 11.1. The molecule has 0 unspecified atom stereocenters. The number of halogens is 1. The molecule has 0 aromatic carbocycles. The Morgan fingerprint density at radius 1 is 1.58 bits per heavy atom. The van der Waals surface area contributed by atoms with Crippen LogP contribution in [0.3, 0.4) is 0 Å². The quantitative estimate of drug-likeness (QED) is 0.536. The molecule has 0 bridgehead atoms. The maximum Gasteiger partial charge on any atom is 0.143 e. The molecule has 0 aromatic heterocycles. The molecular formula is C10H13BrO. The second-order valence-electron chi connectivity index (χ2n) is 3.42. The Morgan fingerprint density at radius 3 is 2.83 bits per heavy atom. The first-order valence-corrected chi connectivity index (χ1v) is 5.42. The van der Waals surface area contributed by atoms with E-state index in [0.29, 0.717) is 29.4 Å². The van der Waals surface area contributed by atoms with E-state index in [1.807, 2.05) is 0 Å². The minimum Gasteiger partial charge on any atom is -0.299 e. The second-order valence-corrected chi connectivity index (χ2v) is 3.98. The third-order valence-electron chi connectivity index (χ3n) is 2.44. The van der Waals surface area contributed by atoms with Crippen molar-refractivity contribution in [3.8, 4) is 12.3 Å². The van der Waals surface area contributed by atoms with Crippen LogP contribution in [0, 0.1) is 24.2 Å². The van der Waals surface area contributed by atoms with Crippen molar-refractivity contribution >= 4 is 21.7 Å².